The van der Waals surface area contributed by atoms with Gasteiger partial charge >= 0.3 is 12.1 Å². The number of hydrogen-bond acceptors (Lipinski definition) is 4. The van der Waals surface area contributed by atoms with Crippen molar-refractivity contribution in [3.05, 3.63) is 65.2 Å². The van der Waals surface area contributed by atoms with E-state index in [9.17, 15) is 26.4 Å². The minimum absolute atomic E-state index is 0.226. The Bertz CT molecular complexity index is 862. The van der Waals surface area contributed by atoms with Crippen LogP contribution in [-0.4, -0.2) is 21.5 Å². The molecule has 1 N–H and O–H groups in total. The molecule has 0 amide bonds. The van der Waals surface area contributed by atoms with Gasteiger partial charge in [-0.3, -0.25) is 0 Å². The largest absolute Gasteiger partial charge is 0.465 e. The first-order valence-electron chi connectivity index (χ1n) is 6.98. The van der Waals surface area contributed by atoms with Crippen molar-refractivity contribution in [1.29, 1.82) is 0 Å². The Balaban J connectivity index is 2.19. The van der Waals surface area contributed by atoms with Crippen LogP contribution in [0, 0.1) is 0 Å². The Hall–Kier alpha value is -2.39. The molecule has 5 nitrogen and oxygen atoms in total. The molecular weight excluding hydrogens is 359 g/mol. The van der Waals surface area contributed by atoms with Gasteiger partial charge in [-0.15, -0.1) is 0 Å². The third-order valence-electron chi connectivity index (χ3n) is 3.32. The van der Waals surface area contributed by atoms with Crippen LogP contribution in [0.1, 0.15) is 21.5 Å². The fourth-order valence-electron chi connectivity index (χ4n) is 2.07. The molecule has 0 fully saturated rings. The summed E-state index contributed by atoms with van der Waals surface area (Å²) in [6.07, 6.45) is -4.78. The zero-order valence-electron chi connectivity index (χ0n) is 13.0. The number of carbonyl (C=O) groups is 1. The lowest BCUT2D eigenvalue weighted by Gasteiger charge is -2.13. The predicted octanol–water partition coefficient (Wildman–Crippen LogP) is 2.97. The zero-order chi connectivity index (χ0) is 18.7. The maximum absolute atomic E-state index is 13.0. The van der Waals surface area contributed by atoms with Crippen molar-refractivity contribution in [3.63, 3.8) is 0 Å². The van der Waals surface area contributed by atoms with Crippen LogP contribution >= 0.6 is 0 Å². The molecule has 25 heavy (non-hydrogen) atoms. The van der Waals surface area contributed by atoms with E-state index in [0.717, 1.165) is 12.1 Å². The summed E-state index contributed by atoms with van der Waals surface area (Å²) in [4.78, 5) is 10.5. The van der Waals surface area contributed by atoms with Crippen LogP contribution in [0.5, 0.6) is 0 Å². The van der Waals surface area contributed by atoms with E-state index in [4.69, 9.17) is 0 Å². The van der Waals surface area contributed by atoms with Crippen LogP contribution in [0.15, 0.2) is 53.4 Å². The fraction of sp³-hybridized carbons (Fsp3) is 0.188. The maximum Gasteiger partial charge on any atom is 0.417 e. The van der Waals surface area contributed by atoms with E-state index in [0.29, 0.717) is 11.6 Å². The fourth-order valence-corrected chi connectivity index (χ4v) is 3.31. The molecule has 0 aliphatic carbocycles. The third-order valence-corrected chi connectivity index (χ3v) is 4.78. The van der Waals surface area contributed by atoms with Crippen molar-refractivity contribution in [3.8, 4) is 0 Å². The predicted molar refractivity (Wildman–Crippen MR) is 83.3 cm³/mol. The number of alkyl halides is 3. The van der Waals surface area contributed by atoms with Crippen LogP contribution in [0.25, 0.3) is 0 Å². The Labute approximate surface area is 142 Å². The standard InChI is InChI=1S/C16H14F3NO4S/c1-24-15(21)12-8-6-11(7-9-12)10-20-25(22,23)14-5-3-2-4-13(14)16(17,18)19/h2-9,20H,10H2,1H3. The van der Waals surface area contributed by atoms with Gasteiger partial charge in [0.1, 0.15) is 0 Å². The van der Waals surface area contributed by atoms with Crippen LogP contribution in [-0.2, 0) is 27.5 Å². The van der Waals surface area contributed by atoms with Crippen molar-refractivity contribution >= 4 is 16.0 Å². The number of sulfonamides is 1. The molecule has 0 aliphatic rings. The van der Waals surface area contributed by atoms with Gasteiger partial charge in [-0.25, -0.2) is 17.9 Å². The van der Waals surface area contributed by atoms with Crippen molar-refractivity contribution in [2.75, 3.05) is 7.11 Å². The van der Waals surface area contributed by atoms with E-state index in [2.05, 4.69) is 9.46 Å². The van der Waals surface area contributed by atoms with Gasteiger partial charge in [0.05, 0.1) is 23.1 Å². The van der Waals surface area contributed by atoms with Gasteiger partial charge in [-0.2, -0.15) is 13.2 Å². The summed E-state index contributed by atoms with van der Waals surface area (Å²) in [7, 11) is -3.14. The number of benzene rings is 2. The maximum atomic E-state index is 13.0. The minimum Gasteiger partial charge on any atom is -0.465 e. The first kappa shape index (κ1) is 18.9. The molecule has 0 unspecified atom stereocenters. The normalized spacial score (nSPS) is 12.0. The Kier molecular flexibility index (Phi) is 5.48. The molecule has 0 atom stereocenters. The first-order valence-corrected chi connectivity index (χ1v) is 8.46. The second-order valence-corrected chi connectivity index (χ2v) is 6.74. The van der Waals surface area contributed by atoms with Gasteiger partial charge in [-0.05, 0) is 29.8 Å². The molecular formula is C16H14F3NO4S. The molecule has 0 bridgehead atoms. The van der Waals surface area contributed by atoms with Crippen LogP contribution < -0.4 is 4.72 Å². The smallest absolute Gasteiger partial charge is 0.417 e. The number of nitrogens with one attached hydrogen (secondary N) is 1. The Morgan fingerprint density at radius 1 is 1.08 bits per heavy atom. The highest BCUT2D eigenvalue weighted by Gasteiger charge is 2.36. The second kappa shape index (κ2) is 7.24. The molecule has 134 valence electrons. The molecule has 0 radical (unpaired) electrons. The van der Waals surface area contributed by atoms with Gasteiger partial charge in [0.25, 0.3) is 0 Å². The van der Waals surface area contributed by atoms with Gasteiger partial charge in [-0.1, -0.05) is 24.3 Å². The average Bonchev–Trinajstić information content (AvgIpc) is 2.59. The Morgan fingerprint density at radius 3 is 2.24 bits per heavy atom. The molecule has 0 aliphatic heterocycles. The summed E-state index contributed by atoms with van der Waals surface area (Å²) in [5.74, 6) is -0.550. The molecule has 2 aromatic carbocycles. The molecule has 0 spiro atoms. The first-order chi connectivity index (χ1) is 11.6. The number of ether oxygens (including phenoxy) is 1. The summed E-state index contributed by atoms with van der Waals surface area (Å²) >= 11 is 0. The summed E-state index contributed by atoms with van der Waals surface area (Å²) in [6, 6.07) is 9.75. The number of rotatable bonds is 5. The minimum atomic E-state index is -4.78. The van der Waals surface area contributed by atoms with E-state index in [1.165, 1.54) is 37.4 Å². The van der Waals surface area contributed by atoms with E-state index < -0.39 is 32.6 Å². The van der Waals surface area contributed by atoms with Crippen LogP contribution in [0.2, 0.25) is 0 Å². The van der Waals surface area contributed by atoms with E-state index >= 15 is 0 Å². The van der Waals surface area contributed by atoms with E-state index in [1.54, 1.807) is 0 Å². The number of carbonyl (C=O) groups excluding carboxylic acids is 1. The van der Waals surface area contributed by atoms with Crippen molar-refractivity contribution in [2.24, 2.45) is 0 Å². The van der Waals surface area contributed by atoms with Gasteiger partial charge in [0.2, 0.25) is 10.0 Å². The summed E-state index contributed by atoms with van der Waals surface area (Å²) < 4.78 is 70.0. The lowest BCUT2D eigenvalue weighted by atomic mass is 10.1. The SMILES string of the molecule is COC(=O)c1ccc(CNS(=O)(=O)c2ccccc2C(F)(F)F)cc1. The Morgan fingerprint density at radius 2 is 1.68 bits per heavy atom. The average molecular weight is 373 g/mol. The monoisotopic (exact) mass is 373 g/mol. The number of halogens is 3. The van der Waals surface area contributed by atoms with Crippen molar-refractivity contribution in [1.82, 2.24) is 4.72 Å². The second-order valence-electron chi connectivity index (χ2n) is 5.01. The van der Waals surface area contributed by atoms with Crippen molar-refractivity contribution < 1.29 is 31.1 Å². The number of hydrogen-bond donors (Lipinski definition) is 1. The highest BCUT2D eigenvalue weighted by Crippen LogP contribution is 2.33. The molecule has 2 aromatic rings. The van der Waals surface area contributed by atoms with Crippen molar-refractivity contribution in [2.45, 2.75) is 17.6 Å². The lowest BCUT2D eigenvalue weighted by molar-refractivity contribution is -0.139. The molecule has 0 saturated heterocycles. The summed E-state index contributed by atoms with van der Waals surface area (Å²) in [5.41, 5.74) is -0.485. The molecule has 0 aromatic heterocycles. The highest BCUT2D eigenvalue weighted by atomic mass is 32.2. The van der Waals surface area contributed by atoms with Crippen LogP contribution in [0.4, 0.5) is 13.2 Å². The molecule has 0 saturated carbocycles. The zero-order valence-corrected chi connectivity index (χ0v) is 13.8. The summed E-state index contributed by atoms with van der Waals surface area (Å²) in [6.45, 7) is -0.226. The van der Waals surface area contributed by atoms with Gasteiger partial charge < -0.3 is 4.74 Å². The van der Waals surface area contributed by atoms with E-state index in [-0.39, 0.29) is 12.1 Å². The topological polar surface area (TPSA) is 72.5 Å². The van der Waals surface area contributed by atoms with Crippen LogP contribution in [0.3, 0.4) is 0 Å². The number of methoxy groups -OCH3 is 1. The molecule has 2 rings (SSSR count). The third kappa shape index (κ3) is 4.58. The highest BCUT2D eigenvalue weighted by molar-refractivity contribution is 7.89. The van der Waals surface area contributed by atoms with Gasteiger partial charge in [0, 0.05) is 6.54 Å². The van der Waals surface area contributed by atoms with Gasteiger partial charge in [0.15, 0.2) is 0 Å². The lowest BCUT2D eigenvalue weighted by Crippen LogP contribution is -2.26. The number of esters is 1. The summed E-state index contributed by atoms with van der Waals surface area (Å²) in [5, 5.41) is 0. The molecule has 9 heteroatoms. The van der Waals surface area contributed by atoms with E-state index in [1.807, 2.05) is 0 Å². The molecule has 0 heterocycles. The quantitative estimate of drug-likeness (QED) is 0.818.